The Hall–Kier alpha value is -4.12. The van der Waals surface area contributed by atoms with Crippen LogP contribution in [0.25, 0.3) is 32.2 Å². The minimum absolute atomic E-state index is 0.0420. The van der Waals surface area contributed by atoms with Crippen molar-refractivity contribution in [2.45, 2.75) is 13.0 Å². The second kappa shape index (κ2) is 12.0. The molecule has 40 heavy (non-hydrogen) atoms. The summed E-state index contributed by atoms with van der Waals surface area (Å²) in [4.78, 5) is 37.1. The minimum Gasteiger partial charge on any atom is -0.379 e. The standard InChI is InChI=1S/C30H30N6O3S/c37-28-24-18-22(6-8-25(24)32-20-36(28)13-12-35-14-16-39-17-15-35)23-7-9-27-26(19-23)33-30(40-27)34-29(38)31-11-10-21-4-2-1-3-5-21/h1-9,18-20H,10-17H2,(H2,31,33,34,38). The minimum atomic E-state index is -0.276. The van der Waals surface area contributed by atoms with E-state index in [0.29, 0.717) is 29.1 Å². The summed E-state index contributed by atoms with van der Waals surface area (Å²) in [6.07, 6.45) is 2.40. The smallest absolute Gasteiger partial charge is 0.321 e. The predicted octanol–water partition coefficient (Wildman–Crippen LogP) is 4.37. The third-order valence-electron chi connectivity index (χ3n) is 7.07. The molecule has 10 heteroatoms. The van der Waals surface area contributed by atoms with Crippen molar-refractivity contribution in [1.29, 1.82) is 0 Å². The predicted molar refractivity (Wildman–Crippen MR) is 159 cm³/mol. The number of rotatable bonds is 8. The molecular weight excluding hydrogens is 524 g/mol. The van der Waals surface area contributed by atoms with Gasteiger partial charge in [-0.1, -0.05) is 53.8 Å². The van der Waals surface area contributed by atoms with Gasteiger partial charge in [0.2, 0.25) is 0 Å². The Morgan fingerprint density at radius 2 is 1.75 bits per heavy atom. The summed E-state index contributed by atoms with van der Waals surface area (Å²) in [5.74, 6) is 0. The maximum absolute atomic E-state index is 13.3. The van der Waals surface area contributed by atoms with Crippen molar-refractivity contribution < 1.29 is 9.53 Å². The Kier molecular flexibility index (Phi) is 7.80. The van der Waals surface area contributed by atoms with Crippen LogP contribution >= 0.6 is 11.3 Å². The molecule has 1 fully saturated rings. The summed E-state index contributed by atoms with van der Waals surface area (Å²) in [6, 6.07) is 21.5. The summed E-state index contributed by atoms with van der Waals surface area (Å²) < 4.78 is 8.07. The molecule has 6 rings (SSSR count). The SMILES string of the molecule is O=C(NCCc1ccccc1)Nc1nc2cc(-c3ccc4ncn(CCN5CCOCC5)c(=O)c4c3)ccc2s1. The zero-order chi connectivity index (χ0) is 27.3. The van der Waals surface area contributed by atoms with Crippen molar-refractivity contribution >= 4 is 43.6 Å². The van der Waals surface area contributed by atoms with Gasteiger partial charge in [-0.25, -0.2) is 14.8 Å². The number of hydrogen-bond acceptors (Lipinski definition) is 7. The maximum atomic E-state index is 13.3. The second-order valence-electron chi connectivity index (χ2n) is 9.75. The monoisotopic (exact) mass is 554 g/mol. The van der Waals surface area contributed by atoms with Crippen LogP contribution in [0.15, 0.2) is 77.9 Å². The van der Waals surface area contributed by atoms with Crippen LogP contribution in [0, 0.1) is 0 Å². The van der Waals surface area contributed by atoms with Crippen molar-refractivity contribution in [2.75, 3.05) is 44.7 Å². The number of anilines is 1. The number of urea groups is 1. The van der Waals surface area contributed by atoms with Gasteiger partial charge in [0.1, 0.15) is 0 Å². The molecule has 0 bridgehead atoms. The summed E-state index contributed by atoms with van der Waals surface area (Å²) in [5, 5.41) is 6.86. The van der Waals surface area contributed by atoms with E-state index in [1.165, 1.54) is 16.9 Å². The number of fused-ring (bicyclic) bond motifs is 2. The Labute approximate surface area is 235 Å². The van der Waals surface area contributed by atoms with Gasteiger partial charge in [0, 0.05) is 32.7 Å². The Morgan fingerprint density at radius 3 is 2.60 bits per heavy atom. The van der Waals surface area contributed by atoms with Crippen molar-refractivity contribution in [3.8, 4) is 11.1 Å². The molecule has 0 saturated carbocycles. The Morgan fingerprint density at radius 1 is 0.950 bits per heavy atom. The van der Waals surface area contributed by atoms with Crippen molar-refractivity contribution in [3.63, 3.8) is 0 Å². The van der Waals surface area contributed by atoms with Gasteiger partial charge in [-0.05, 0) is 47.4 Å². The Bertz CT molecular complexity index is 1690. The number of benzene rings is 3. The fraction of sp³-hybridized carbons (Fsp3) is 0.267. The molecule has 0 unspecified atom stereocenters. The van der Waals surface area contributed by atoms with Crippen LogP contribution in [-0.4, -0.2) is 64.9 Å². The number of carbonyl (C=O) groups is 1. The van der Waals surface area contributed by atoms with E-state index in [1.54, 1.807) is 10.9 Å². The van der Waals surface area contributed by atoms with Gasteiger partial charge in [-0.3, -0.25) is 19.6 Å². The normalized spacial score (nSPS) is 14.0. The van der Waals surface area contributed by atoms with Gasteiger partial charge in [-0.15, -0.1) is 0 Å². The van der Waals surface area contributed by atoms with Crippen LogP contribution in [0.3, 0.4) is 0 Å². The van der Waals surface area contributed by atoms with Crippen LogP contribution in [0.5, 0.6) is 0 Å². The van der Waals surface area contributed by atoms with E-state index >= 15 is 0 Å². The maximum Gasteiger partial charge on any atom is 0.321 e. The molecule has 2 amide bonds. The molecule has 9 nitrogen and oxygen atoms in total. The fourth-order valence-corrected chi connectivity index (χ4v) is 5.68. The van der Waals surface area contributed by atoms with Crippen LogP contribution < -0.4 is 16.2 Å². The fourth-order valence-electron chi connectivity index (χ4n) is 4.84. The van der Waals surface area contributed by atoms with E-state index < -0.39 is 0 Å². The largest absolute Gasteiger partial charge is 0.379 e. The van der Waals surface area contributed by atoms with E-state index in [9.17, 15) is 9.59 Å². The third kappa shape index (κ3) is 6.04. The molecule has 0 radical (unpaired) electrons. The van der Waals surface area contributed by atoms with Crippen molar-refractivity contribution in [2.24, 2.45) is 0 Å². The first-order valence-electron chi connectivity index (χ1n) is 13.4. The van der Waals surface area contributed by atoms with Crippen molar-refractivity contribution in [1.82, 2.24) is 24.8 Å². The van der Waals surface area contributed by atoms with Gasteiger partial charge in [0.05, 0.1) is 40.7 Å². The molecule has 1 saturated heterocycles. The van der Waals surface area contributed by atoms with Crippen LogP contribution in [0.2, 0.25) is 0 Å². The van der Waals surface area contributed by atoms with E-state index in [0.717, 1.165) is 60.6 Å². The average molecular weight is 555 g/mol. The lowest BCUT2D eigenvalue weighted by Crippen LogP contribution is -2.39. The summed E-state index contributed by atoms with van der Waals surface area (Å²) in [6.45, 7) is 5.15. The highest BCUT2D eigenvalue weighted by atomic mass is 32.1. The second-order valence-corrected chi connectivity index (χ2v) is 10.8. The zero-order valence-electron chi connectivity index (χ0n) is 22.0. The Balaban J connectivity index is 1.15. The summed E-state index contributed by atoms with van der Waals surface area (Å²) in [5.41, 5.74) is 4.46. The number of hydrogen-bond donors (Lipinski definition) is 2. The molecule has 1 aliphatic rings. The van der Waals surface area contributed by atoms with Gasteiger partial charge in [-0.2, -0.15) is 0 Å². The van der Waals surface area contributed by atoms with Gasteiger partial charge in [0.15, 0.2) is 5.13 Å². The number of thiazole rings is 1. The third-order valence-corrected chi connectivity index (χ3v) is 8.02. The molecule has 1 aliphatic heterocycles. The first-order chi connectivity index (χ1) is 19.6. The van der Waals surface area contributed by atoms with Crippen LogP contribution in [-0.2, 0) is 17.7 Å². The molecule has 0 spiro atoms. The first-order valence-corrected chi connectivity index (χ1v) is 14.2. The molecule has 204 valence electrons. The van der Waals surface area contributed by atoms with E-state index in [4.69, 9.17) is 4.74 Å². The molecule has 3 aromatic carbocycles. The molecule has 2 aromatic heterocycles. The number of nitrogens with one attached hydrogen (secondary N) is 2. The summed E-state index contributed by atoms with van der Waals surface area (Å²) in [7, 11) is 0. The van der Waals surface area contributed by atoms with Crippen LogP contribution in [0.4, 0.5) is 9.93 Å². The molecule has 0 atom stereocenters. The van der Waals surface area contributed by atoms with Crippen LogP contribution in [0.1, 0.15) is 5.56 Å². The number of aromatic nitrogens is 3. The van der Waals surface area contributed by atoms with E-state index in [1.807, 2.05) is 66.7 Å². The van der Waals surface area contributed by atoms with Crippen molar-refractivity contribution in [3.05, 3.63) is 89.0 Å². The topological polar surface area (TPSA) is 101 Å². The molecule has 2 N–H and O–H groups in total. The van der Waals surface area contributed by atoms with E-state index in [-0.39, 0.29) is 11.6 Å². The lowest BCUT2D eigenvalue weighted by Gasteiger charge is -2.26. The number of nitrogens with zero attached hydrogens (tertiary/aromatic N) is 4. The summed E-state index contributed by atoms with van der Waals surface area (Å²) >= 11 is 1.43. The number of amides is 2. The van der Waals surface area contributed by atoms with Gasteiger partial charge in [0.25, 0.3) is 5.56 Å². The quantitative estimate of drug-likeness (QED) is 0.295. The first kappa shape index (κ1) is 26.1. The van der Waals surface area contributed by atoms with Gasteiger partial charge < -0.3 is 10.1 Å². The lowest BCUT2D eigenvalue weighted by molar-refractivity contribution is 0.0362. The molecule has 3 heterocycles. The molecular formula is C30H30N6O3S. The highest BCUT2D eigenvalue weighted by molar-refractivity contribution is 7.22. The number of ether oxygens (including phenoxy) is 1. The number of morpholine rings is 1. The molecule has 0 aliphatic carbocycles. The average Bonchev–Trinajstić information content (AvgIpc) is 3.39. The number of carbonyl (C=O) groups excluding carboxylic acids is 1. The highest BCUT2D eigenvalue weighted by Gasteiger charge is 2.13. The lowest BCUT2D eigenvalue weighted by atomic mass is 10.0. The zero-order valence-corrected chi connectivity index (χ0v) is 22.8. The highest BCUT2D eigenvalue weighted by Crippen LogP contribution is 2.31. The molecule has 5 aromatic rings. The van der Waals surface area contributed by atoms with E-state index in [2.05, 4.69) is 25.5 Å². The van der Waals surface area contributed by atoms with Gasteiger partial charge >= 0.3 is 6.03 Å².